The molecule has 4 aromatic rings. The Balaban J connectivity index is 1.42. The summed E-state index contributed by atoms with van der Waals surface area (Å²) in [5.74, 6) is -0.247. The van der Waals surface area contributed by atoms with Crippen LogP contribution in [0, 0.1) is 6.92 Å². The number of rotatable bonds is 6. The van der Waals surface area contributed by atoms with Crippen LogP contribution in [0.3, 0.4) is 0 Å². The Labute approximate surface area is 194 Å². The van der Waals surface area contributed by atoms with E-state index in [-0.39, 0.29) is 5.78 Å². The van der Waals surface area contributed by atoms with E-state index in [0.717, 1.165) is 48.2 Å². The van der Waals surface area contributed by atoms with Crippen LogP contribution in [-0.4, -0.2) is 53.1 Å². The number of fused-ring (bicyclic) bond motifs is 1. The number of nitrogens with zero attached hydrogens (tertiary/aromatic N) is 2. The Morgan fingerprint density at radius 1 is 0.879 bits per heavy atom. The number of aliphatic hydroxyl groups excluding tert-OH is 1. The number of carbonyl (C=O) groups is 1. The fourth-order valence-corrected chi connectivity index (χ4v) is 4.83. The highest BCUT2D eigenvalue weighted by Gasteiger charge is 2.35. The average Bonchev–Trinajstić information content (AvgIpc) is 3.30. The number of para-hydroxylation sites is 2. The molecule has 5 rings (SSSR count). The molecule has 0 amide bonds. The van der Waals surface area contributed by atoms with Gasteiger partial charge < -0.3 is 15.0 Å². The highest BCUT2D eigenvalue weighted by Crippen LogP contribution is 2.30. The summed E-state index contributed by atoms with van der Waals surface area (Å²) in [6.07, 6.45) is 0.561. The van der Waals surface area contributed by atoms with Crippen LogP contribution in [0.25, 0.3) is 10.9 Å². The van der Waals surface area contributed by atoms with Gasteiger partial charge in [0, 0.05) is 54.5 Å². The Morgan fingerprint density at radius 2 is 1.55 bits per heavy atom. The average molecular weight is 440 g/mol. The first kappa shape index (κ1) is 21.4. The first-order valence-corrected chi connectivity index (χ1v) is 11.5. The molecule has 5 heteroatoms. The smallest absolute Gasteiger partial charge is 0.195 e. The number of ketones is 1. The van der Waals surface area contributed by atoms with Crippen molar-refractivity contribution in [3.63, 3.8) is 0 Å². The highest BCUT2D eigenvalue weighted by molar-refractivity contribution is 6.10. The lowest BCUT2D eigenvalue weighted by molar-refractivity contribution is 0.0366. The first-order chi connectivity index (χ1) is 16.1. The minimum atomic E-state index is -1.16. The molecule has 1 saturated heterocycles. The first-order valence-electron chi connectivity index (χ1n) is 11.5. The van der Waals surface area contributed by atoms with Crippen molar-refractivity contribution in [2.45, 2.75) is 19.1 Å². The fraction of sp³-hybridized carbons (Fsp3) is 0.250. The van der Waals surface area contributed by atoms with E-state index in [1.807, 2.05) is 61.5 Å². The van der Waals surface area contributed by atoms with Crippen LogP contribution < -0.4 is 4.90 Å². The third-order valence-corrected chi connectivity index (χ3v) is 6.67. The summed E-state index contributed by atoms with van der Waals surface area (Å²) < 4.78 is 0. The van der Waals surface area contributed by atoms with Gasteiger partial charge in [-0.3, -0.25) is 9.69 Å². The second-order valence-electron chi connectivity index (χ2n) is 8.77. The van der Waals surface area contributed by atoms with Crippen LogP contribution in [0.1, 0.15) is 27.5 Å². The molecule has 1 aromatic heterocycles. The number of Topliss-reactive ketones (excluding diaryl/α,β-unsaturated/α-hetero) is 1. The number of aromatic nitrogens is 1. The molecule has 0 aliphatic carbocycles. The Morgan fingerprint density at radius 3 is 2.27 bits per heavy atom. The molecule has 0 saturated carbocycles. The molecule has 0 radical (unpaired) electrons. The summed E-state index contributed by atoms with van der Waals surface area (Å²) in [6.45, 7) is 5.28. The molecule has 33 heavy (non-hydrogen) atoms. The van der Waals surface area contributed by atoms with Gasteiger partial charge >= 0.3 is 0 Å². The topological polar surface area (TPSA) is 59.6 Å². The van der Waals surface area contributed by atoms with E-state index >= 15 is 0 Å². The number of hydrogen-bond acceptors (Lipinski definition) is 4. The van der Waals surface area contributed by atoms with Crippen molar-refractivity contribution in [1.82, 2.24) is 9.88 Å². The van der Waals surface area contributed by atoms with Gasteiger partial charge in [0.1, 0.15) is 6.10 Å². The van der Waals surface area contributed by atoms with Crippen LogP contribution in [0.15, 0.2) is 85.1 Å². The number of nitrogens with one attached hydrogen (secondary N) is 1. The van der Waals surface area contributed by atoms with E-state index < -0.39 is 12.1 Å². The molecule has 0 bridgehead atoms. The molecule has 2 heterocycles. The van der Waals surface area contributed by atoms with E-state index in [0.29, 0.717) is 5.56 Å². The van der Waals surface area contributed by atoms with Gasteiger partial charge in [-0.05, 0) is 30.7 Å². The molecular weight excluding hydrogens is 410 g/mol. The second kappa shape index (κ2) is 9.22. The van der Waals surface area contributed by atoms with Gasteiger partial charge in [-0.25, -0.2) is 0 Å². The zero-order valence-corrected chi connectivity index (χ0v) is 18.8. The van der Waals surface area contributed by atoms with Crippen molar-refractivity contribution >= 4 is 22.4 Å². The summed E-state index contributed by atoms with van der Waals surface area (Å²) >= 11 is 0. The van der Waals surface area contributed by atoms with Crippen molar-refractivity contribution in [1.29, 1.82) is 0 Å². The lowest BCUT2D eigenvalue weighted by atomic mass is 9.92. The predicted molar refractivity (Wildman–Crippen MR) is 133 cm³/mol. The third-order valence-electron chi connectivity index (χ3n) is 6.67. The summed E-state index contributed by atoms with van der Waals surface area (Å²) in [6, 6.07) is 25.9. The lowest BCUT2D eigenvalue weighted by Gasteiger charge is -2.41. The van der Waals surface area contributed by atoms with Crippen molar-refractivity contribution in [3.8, 4) is 0 Å². The van der Waals surface area contributed by atoms with Gasteiger partial charge in [0.05, 0.1) is 6.04 Å². The fourth-order valence-electron chi connectivity index (χ4n) is 4.83. The number of aliphatic hydroxyl groups is 1. The number of benzene rings is 3. The van der Waals surface area contributed by atoms with Gasteiger partial charge in [0.15, 0.2) is 5.78 Å². The van der Waals surface area contributed by atoms with Crippen LogP contribution in [-0.2, 0) is 0 Å². The molecule has 3 aromatic carbocycles. The third kappa shape index (κ3) is 4.30. The Hall–Kier alpha value is -3.41. The monoisotopic (exact) mass is 439 g/mol. The lowest BCUT2D eigenvalue weighted by Crippen LogP contribution is -2.51. The van der Waals surface area contributed by atoms with E-state index in [2.05, 4.69) is 39.0 Å². The summed E-state index contributed by atoms with van der Waals surface area (Å²) in [5, 5.41) is 12.3. The Kier molecular flexibility index (Phi) is 5.99. The number of hydrogen-bond donors (Lipinski definition) is 2. The molecule has 1 fully saturated rings. The molecule has 2 atom stereocenters. The standard InChI is InChI=1S/C28H29N3O2/c1-20-11-13-21(14-12-20)26(31-17-15-30(16-18-31)22-7-3-2-4-8-22)28(33)27(32)24-19-29-25-10-6-5-9-23(24)25/h2-14,19,26,28-29,33H,15-18H2,1H3. The SMILES string of the molecule is Cc1ccc(C(C(O)C(=O)c2c[nH]c3ccccc23)N2CCN(c3ccccc3)CC2)cc1. The summed E-state index contributed by atoms with van der Waals surface area (Å²) in [7, 11) is 0. The molecule has 5 nitrogen and oxygen atoms in total. The summed E-state index contributed by atoms with van der Waals surface area (Å²) in [5.41, 5.74) is 4.77. The van der Waals surface area contributed by atoms with Crippen LogP contribution in [0.4, 0.5) is 5.69 Å². The van der Waals surface area contributed by atoms with Crippen molar-refractivity contribution in [2.75, 3.05) is 31.1 Å². The molecular formula is C28H29N3O2. The molecule has 168 valence electrons. The number of piperazine rings is 1. The molecule has 2 unspecified atom stereocenters. The van der Waals surface area contributed by atoms with Crippen molar-refractivity contribution < 1.29 is 9.90 Å². The minimum Gasteiger partial charge on any atom is -0.383 e. The second-order valence-corrected chi connectivity index (χ2v) is 8.77. The van der Waals surface area contributed by atoms with Gasteiger partial charge in [-0.2, -0.15) is 0 Å². The number of aryl methyl sites for hydroxylation is 1. The zero-order valence-electron chi connectivity index (χ0n) is 18.8. The van der Waals surface area contributed by atoms with Gasteiger partial charge in [-0.15, -0.1) is 0 Å². The van der Waals surface area contributed by atoms with Gasteiger partial charge in [-0.1, -0.05) is 66.2 Å². The van der Waals surface area contributed by atoms with E-state index in [4.69, 9.17) is 0 Å². The normalized spacial score (nSPS) is 16.6. The molecule has 1 aliphatic rings. The number of carbonyl (C=O) groups excluding carboxylic acids is 1. The summed E-state index contributed by atoms with van der Waals surface area (Å²) in [4.78, 5) is 21.3. The minimum absolute atomic E-state index is 0.247. The largest absolute Gasteiger partial charge is 0.383 e. The van der Waals surface area contributed by atoms with Crippen LogP contribution in [0.2, 0.25) is 0 Å². The quantitative estimate of drug-likeness (QED) is 0.432. The van der Waals surface area contributed by atoms with E-state index in [1.165, 1.54) is 5.69 Å². The number of H-pyrrole nitrogens is 1. The Bertz CT molecular complexity index is 1220. The molecule has 2 N–H and O–H groups in total. The maximum Gasteiger partial charge on any atom is 0.195 e. The van der Waals surface area contributed by atoms with E-state index in [1.54, 1.807) is 6.20 Å². The molecule has 1 aliphatic heterocycles. The predicted octanol–water partition coefficient (Wildman–Crippen LogP) is 4.58. The zero-order chi connectivity index (χ0) is 22.8. The van der Waals surface area contributed by atoms with Crippen LogP contribution >= 0.6 is 0 Å². The van der Waals surface area contributed by atoms with Crippen LogP contribution in [0.5, 0.6) is 0 Å². The van der Waals surface area contributed by atoms with Gasteiger partial charge in [0.25, 0.3) is 0 Å². The maximum absolute atomic E-state index is 13.5. The van der Waals surface area contributed by atoms with Crippen molar-refractivity contribution in [2.24, 2.45) is 0 Å². The molecule has 0 spiro atoms. The number of aromatic amines is 1. The highest BCUT2D eigenvalue weighted by atomic mass is 16.3. The van der Waals surface area contributed by atoms with Crippen molar-refractivity contribution in [3.05, 3.63) is 102 Å². The number of anilines is 1. The van der Waals surface area contributed by atoms with E-state index in [9.17, 15) is 9.90 Å². The van der Waals surface area contributed by atoms with Gasteiger partial charge in [0.2, 0.25) is 0 Å². The maximum atomic E-state index is 13.5.